The number of carbonyl (C=O) groups is 3. The summed E-state index contributed by atoms with van der Waals surface area (Å²) in [5.74, 6) is -1.26. The van der Waals surface area contributed by atoms with Crippen LogP contribution in [0.5, 0.6) is 0 Å². The highest BCUT2D eigenvalue weighted by atomic mass is 32.2. The van der Waals surface area contributed by atoms with E-state index in [1.54, 1.807) is 16.7 Å². The molecule has 4 rings (SSSR count). The van der Waals surface area contributed by atoms with E-state index in [2.05, 4.69) is 10.6 Å². The second kappa shape index (κ2) is 9.29. The molecule has 3 aliphatic rings. The van der Waals surface area contributed by atoms with E-state index in [0.29, 0.717) is 13.0 Å². The second-order valence-corrected chi connectivity index (χ2v) is 12.1. The fourth-order valence-electron chi connectivity index (χ4n) is 5.75. The number of benzene rings is 1. The second-order valence-electron chi connectivity index (χ2n) is 10.5. The lowest BCUT2D eigenvalue weighted by Crippen LogP contribution is -2.57. The summed E-state index contributed by atoms with van der Waals surface area (Å²) in [6.07, 6.45) is 3.79. The molecule has 2 unspecified atom stereocenters. The lowest BCUT2D eigenvalue weighted by atomic mass is 9.70. The molecule has 2 bridgehead atoms. The van der Waals surface area contributed by atoms with Crippen molar-refractivity contribution in [2.75, 3.05) is 18.5 Å². The Morgan fingerprint density at radius 3 is 2.55 bits per heavy atom. The van der Waals surface area contributed by atoms with Gasteiger partial charge in [0, 0.05) is 29.6 Å². The van der Waals surface area contributed by atoms with Gasteiger partial charge in [0.25, 0.3) is 0 Å². The van der Waals surface area contributed by atoms with E-state index in [4.69, 9.17) is 5.11 Å². The molecule has 0 radical (unpaired) electrons. The van der Waals surface area contributed by atoms with Gasteiger partial charge in [-0.3, -0.25) is 14.4 Å². The zero-order chi connectivity index (χ0) is 23.8. The molecular formula is C25H35N3O4S. The number of fused-ring (bicyclic) bond motifs is 1. The fraction of sp³-hybridized carbons (Fsp3) is 0.640. The summed E-state index contributed by atoms with van der Waals surface area (Å²) in [5.41, 5.74) is 0.306. The molecule has 5 atom stereocenters. The quantitative estimate of drug-likeness (QED) is 0.505. The highest BCUT2D eigenvalue weighted by Gasteiger charge is 2.73. The van der Waals surface area contributed by atoms with Crippen molar-refractivity contribution < 1.29 is 19.5 Å². The van der Waals surface area contributed by atoms with Gasteiger partial charge in [0.15, 0.2) is 0 Å². The van der Waals surface area contributed by atoms with Gasteiger partial charge in [-0.05, 0) is 65.0 Å². The molecule has 3 N–H and O–H groups in total. The van der Waals surface area contributed by atoms with Crippen molar-refractivity contribution in [1.82, 2.24) is 10.2 Å². The van der Waals surface area contributed by atoms with Crippen LogP contribution in [-0.2, 0) is 14.4 Å². The van der Waals surface area contributed by atoms with Crippen LogP contribution in [0.2, 0.25) is 0 Å². The predicted octanol–water partition coefficient (Wildman–Crippen LogP) is 2.79. The van der Waals surface area contributed by atoms with Crippen LogP contribution in [0.25, 0.3) is 0 Å². The third kappa shape index (κ3) is 4.52. The van der Waals surface area contributed by atoms with Gasteiger partial charge in [-0.15, -0.1) is 11.8 Å². The smallest absolute Gasteiger partial charge is 0.244 e. The Labute approximate surface area is 200 Å². The van der Waals surface area contributed by atoms with Gasteiger partial charge >= 0.3 is 0 Å². The SMILES string of the molecule is CC(C)(C)NC(=O)C1N(CCCCCO)C(=O)[C@@H]2[C@@H](C(=O)Nc3ccccc3)[C@H]3CCC12S3. The summed E-state index contributed by atoms with van der Waals surface area (Å²) >= 11 is 1.69. The molecule has 3 saturated heterocycles. The Balaban J connectivity index is 1.62. The first-order valence-electron chi connectivity index (χ1n) is 11.9. The molecule has 7 nitrogen and oxygen atoms in total. The van der Waals surface area contributed by atoms with Crippen LogP contribution in [0.3, 0.4) is 0 Å². The van der Waals surface area contributed by atoms with E-state index in [9.17, 15) is 14.4 Å². The van der Waals surface area contributed by atoms with Crippen LogP contribution >= 0.6 is 11.8 Å². The molecule has 180 valence electrons. The third-order valence-corrected chi connectivity index (χ3v) is 8.90. The lowest BCUT2D eigenvalue weighted by Gasteiger charge is -2.36. The topological polar surface area (TPSA) is 98.7 Å². The summed E-state index contributed by atoms with van der Waals surface area (Å²) in [6.45, 7) is 6.42. The minimum atomic E-state index is -0.576. The number of likely N-dealkylation sites (tertiary alicyclic amines) is 1. The molecule has 3 heterocycles. The minimum Gasteiger partial charge on any atom is -0.396 e. The number of carbonyl (C=O) groups excluding carboxylic acids is 3. The number of thioether (sulfide) groups is 1. The van der Waals surface area contributed by atoms with Crippen molar-refractivity contribution in [2.24, 2.45) is 11.8 Å². The average molecular weight is 474 g/mol. The van der Waals surface area contributed by atoms with Gasteiger partial charge in [-0.25, -0.2) is 0 Å². The molecule has 1 aromatic rings. The van der Waals surface area contributed by atoms with Crippen molar-refractivity contribution in [3.8, 4) is 0 Å². The van der Waals surface area contributed by atoms with Crippen LogP contribution in [0.1, 0.15) is 52.9 Å². The Morgan fingerprint density at radius 1 is 1.15 bits per heavy atom. The Bertz CT molecular complexity index is 903. The van der Waals surface area contributed by atoms with E-state index in [1.807, 2.05) is 51.1 Å². The number of amides is 3. The summed E-state index contributed by atoms with van der Waals surface area (Å²) in [7, 11) is 0. The first-order chi connectivity index (χ1) is 15.7. The van der Waals surface area contributed by atoms with Crippen molar-refractivity contribution in [3.05, 3.63) is 30.3 Å². The van der Waals surface area contributed by atoms with E-state index in [0.717, 1.165) is 31.4 Å². The van der Waals surface area contributed by atoms with Crippen LogP contribution in [0, 0.1) is 11.8 Å². The van der Waals surface area contributed by atoms with Gasteiger partial charge in [0.05, 0.1) is 16.6 Å². The minimum absolute atomic E-state index is 0.0455. The summed E-state index contributed by atoms with van der Waals surface area (Å²) < 4.78 is -0.563. The molecule has 1 spiro atoms. The number of nitrogens with zero attached hydrogens (tertiary/aromatic N) is 1. The zero-order valence-electron chi connectivity index (χ0n) is 19.7. The van der Waals surface area contributed by atoms with E-state index < -0.39 is 28.2 Å². The first-order valence-corrected chi connectivity index (χ1v) is 12.8. The number of aliphatic hydroxyl groups is 1. The average Bonchev–Trinajstić information content (AvgIpc) is 3.38. The van der Waals surface area contributed by atoms with Gasteiger partial charge in [-0.2, -0.15) is 0 Å². The molecule has 1 aromatic carbocycles. The van der Waals surface area contributed by atoms with Crippen LogP contribution in [0.15, 0.2) is 30.3 Å². The summed E-state index contributed by atoms with van der Waals surface area (Å²) in [5, 5.41) is 15.3. The van der Waals surface area contributed by atoms with Crippen molar-refractivity contribution in [1.29, 1.82) is 0 Å². The van der Waals surface area contributed by atoms with Crippen molar-refractivity contribution in [3.63, 3.8) is 0 Å². The van der Waals surface area contributed by atoms with Gasteiger partial charge < -0.3 is 20.6 Å². The lowest BCUT2D eigenvalue weighted by molar-refractivity contribution is -0.139. The Morgan fingerprint density at radius 2 is 1.88 bits per heavy atom. The maximum atomic E-state index is 13.8. The monoisotopic (exact) mass is 473 g/mol. The zero-order valence-corrected chi connectivity index (χ0v) is 20.5. The number of hydrogen-bond donors (Lipinski definition) is 3. The van der Waals surface area contributed by atoms with Crippen LogP contribution in [-0.4, -0.2) is 62.5 Å². The van der Waals surface area contributed by atoms with Crippen LogP contribution < -0.4 is 10.6 Å². The molecule has 0 aromatic heterocycles. The largest absolute Gasteiger partial charge is 0.396 e. The maximum Gasteiger partial charge on any atom is 0.244 e. The summed E-state index contributed by atoms with van der Waals surface area (Å²) in [6, 6.07) is 8.75. The van der Waals surface area contributed by atoms with Crippen molar-refractivity contribution in [2.45, 2.75) is 74.5 Å². The molecule has 33 heavy (non-hydrogen) atoms. The van der Waals surface area contributed by atoms with E-state index in [-0.39, 0.29) is 29.6 Å². The molecule has 8 heteroatoms. The maximum absolute atomic E-state index is 13.8. The van der Waals surface area contributed by atoms with E-state index in [1.165, 1.54) is 0 Å². The normalized spacial score (nSPS) is 30.4. The number of unbranched alkanes of at least 4 members (excludes halogenated alkanes) is 2. The number of anilines is 1. The van der Waals surface area contributed by atoms with E-state index >= 15 is 0 Å². The standard InChI is InChI=1S/C25H35N3O4S/c1-24(2,3)27-22(31)20-25-13-12-17(33-25)18(21(30)26-16-10-6-4-7-11-16)19(25)23(32)28(20)14-8-5-9-15-29/h4,6-7,10-11,17-20,29H,5,8-9,12-15H2,1-3H3,(H,26,30)(H,27,31)/t17-,18+,19+,20?,25?/m1/s1. The Hall–Kier alpha value is -2.06. The summed E-state index contributed by atoms with van der Waals surface area (Å²) in [4.78, 5) is 42.4. The highest BCUT2D eigenvalue weighted by molar-refractivity contribution is 8.02. The number of aliphatic hydroxyl groups excluding tert-OH is 1. The third-order valence-electron chi connectivity index (χ3n) is 6.95. The van der Waals surface area contributed by atoms with Crippen LogP contribution in [0.4, 0.5) is 5.69 Å². The predicted molar refractivity (Wildman–Crippen MR) is 130 cm³/mol. The van der Waals surface area contributed by atoms with Crippen molar-refractivity contribution >= 4 is 35.2 Å². The molecule has 3 aliphatic heterocycles. The van der Waals surface area contributed by atoms with Gasteiger partial charge in [0.2, 0.25) is 17.7 Å². The highest BCUT2D eigenvalue weighted by Crippen LogP contribution is 2.66. The molecular weight excluding hydrogens is 438 g/mol. The number of para-hydroxylation sites is 1. The van der Waals surface area contributed by atoms with Gasteiger partial charge in [-0.1, -0.05) is 18.2 Å². The molecule has 3 fully saturated rings. The fourth-order valence-corrected chi connectivity index (χ4v) is 7.97. The first kappa shape index (κ1) is 24.1. The molecule has 0 aliphatic carbocycles. The number of hydrogen-bond acceptors (Lipinski definition) is 5. The number of nitrogens with one attached hydrogen (secondary N) is 2. The molecule has 3 amide bonds. The van der Waals surface area contributed by atoms with Gasteiger partial charge in [0.1, 0.15) is 6.04 Å². The number of rotatable bonds is 8. The Kier molecular flexibility index (Phi) is 6.78. The molecule has 0 saturated carbocycles.